The molecule has 0 atom stereocenters. The summed E-state index contributed by atoms with van der Waals surface area (Å²) < 4.78 is 7.27. The Hall–Kier alpha value is -1.95. The summed E-state index contributed by atoms with van der Waals surface area (Å²) in [5, 5.41) is 11.3. The summed E-state index contributed by atoms with van der Waals surface area (Å²) >= 11 is 5.15. The summed E-state index contributed by atoms with van der Waals surface area (Å²) in [7, 11) is 1.64. The molecule has 0 aliphatic carbocycles. The lowest BCUT2D eigenvalue weighted by atomic mass is 10.2. The maximum absolute atomic E-state index is 5.15. The monoisotopic (exact) mass is 276 g/mol. The Morgan fingerprint density at radius 2 is 2.16 bits per heavy atom. The fourth-order valence-corrected chi connectivity index (χ4v) is 1.84. The van der Waals surface area contributed by atoms with Gasteiger partial charge in [-0.1, -0.05) is 6.92 Å². The predicted molar refractivity (Wildman–Crippen MR) is 77.4 cm³/mol. The van der Waals surface area contributed by atoms with Crippen LogP contribution in [0, 0.1) is 4.77 Å². The van der Waals surface area contributed by atoms with E-state index in [4.69, 9.17) is 17.0 Å². The first-order chi connectivity index (χ1) is 9.24. The lowest BCUT2D eigenvalue weighted by molar-refractivity contribution is 0.415. The molecule has 6 heteroatoms. The van der Waals surface area contributed by atoms with E-state index in [9.17, 15) is 0 Å². The Bertz CT molecular complexity index is 612. The quantitative estimate of drug-likeness (QED) is 0.675. The summed E-state index contributed by atoms with van der Waals surface area (Å²) in [6.07, 6.45) is 3.59. The van der Waals surface area contributed by atoms with Crippen molar-refractivity contribution < 1.29 is 4.74 Å². The van der Waals surface area contributed by atoms with Gasteiger partial charge in [-0.3, -0.25) is 5.10 Å². The van der Waals surface area contributed by atoms with Gasteiger partial charge in [-0.15, -0.1) is 0 Å². The Labute approximate surface area is 116 Å². The van der Waals surface area contributed by atoms with E-state index in [2.05, 4.69) is 22.2 Å². The van der Waals surface area contributed by atoms with Crippen LogP contribution in [0.5, 0.6) is 5.75 Å². The first kappa shape index (κ1) is 13.5. The van der Waals surface area contributed by atoms with Crippen LogP contribution in [0.2, 0.25) is 0 Å². The smallest absolute Gasteiger partial charge is 0.216 e. The number of H-pyrrole nitrogens is 1. The highest BCUT2D eigenvalue weighted by molar-refractivity contribution is 7.71. The van der Waals surface area contributed by atoms with E-state index in [1.807, 2.05) is 24.3 Å². The molecule has 1 heterocycles. The van der Waals surface area contributed by atoms with Crippen LogP contribution in [0.3, 0.4) is 0 Å². The van der Waals surface area contributed by atoms with Crippen LogP contribution in [0.25, 0.3) is 0 Å². The van der Waals surface area contributed by atoms with E-state index in [-0.39, 0.29) is 0 Å². The Morgan fingerprint density at radius 3 is 2.79 bits per heavy atom. The minimum atomic E-state index is 0.508. The van der Waals surface area contributed by atoms with E-state index < -0.39 is 0 Å². The van der Waals surface area contributed by atoms with E-state index in [1.165, 1.54) is 0 Å². The van der Waals surface area contributed by atoms with Crippen LogP contribution < -0.4 is 4.74 Å². The van der Waals surface area contributed by atoms with Crippen LogP contribution in [-0.2, 0) is 6.42 Å². The van der Waals surface area contributed by atoms with Crippen molar-refractivity contribution in [1.29, 1.82) is 0 Å². The molecule has 0 radical (unpaired) electrons. The maximum atomic E-state index is 5.15. The summed E-state index contributed by atoms with van der Waals surface area (Å²) in [6.45, 7) is 2.09. The summed E-state index contributed by atoms with van der Waals surface area (Å²) in [6, 6.07) is 7.66. The van der Waals surface area contributed by atoms with E-state index in [0.717, 1.165) is 30.0 Å². The fourth-order valence-electron chi connectivity index (χ4n) is 1.64. The molecular weight excluding hydrogens is 260 g/mol. The molecule has 0 aliphatic heterocycles. The molecule has 0 bridgehead atoms. The maximum Gasteiger partial charge on any atom is 0.216 e. The number of aryl methyl sites for hydroxylation is 1. The van der Waals surface area contributed by atoms with Crippen molar-refractivity contribution in [2.45, 2.75) is 19.8 Å². The molecule has 2 aromatic rings. The first-order valence-corrected chi connectivity index (χ1v) is 6.50. The highest BCUT2D eigenvalue weighted by atomic mass is 32.1. The molecule has 5 nitrogen and oxygen atoms in total. The average molecular weight is 276 g/mol. The van der Waals surface area contributed by atoms with E-state index in [1.54, 1.807) is 18.0 Å². The Kier molecular flexibility index (Phi) is 4.46. The van der Waals surface area contributed by atoms with Crippen molar-refractivity contribution in [3.8, 4) is 5.75 Å². The molecule has 0 saturated carbocycles. The number of ether oxygens (including phenoxy) is 1. The largest absolute Gasteiger partial charge is 0.497 e. The molecule has 1 N–H and O–H groups in total. The van der Waals surface area contributed by atoms with Crippen molar-refractivity contribution in [3.05, 3.63) is 40.4 Å². The van der Waals surface area contributed by atoms with Gasteiger partial charge in [-0.2, -0.15) is 14.9 Å². The Morgan fingerprint density at radius 1 is 1.42 bits per heavy atom. The summed E-state index contributed by atoms with van der Waals surface area (Å²) in [5.74, 6) is 1.67. The van der Waals surface area contributed by atoms with Gasteiger partial charge in [0, 0.05) is 6.42 Å². The van der Waals surface area contributed by atoms with Gasteiger partial charge in [-0.05, 0) is 48.5 Å². The van der Waals surface area contributed by atoms with E-state index in [0.29, 0.717) is 4.77 Å². The minimum Gasteiger partial charge on any atom is -0.497 e. The highest BCUT2D eigenvalue weighted by Crippen LogP contribution is 2.10. The van der Waals surface area contributed by atoms with Gasteiger partial charge in [0.1, 0.15) is 5.75 Å². The summed E-state index contributed by atoms with van der Waals surface area (Å²) in [5.41, 5.74) is 0.978. The highest BCUT2D eigenvalue weighted by Gasteiger charge is 2.02. The number of hydrogen-bond donors (Lipinski definition) is 1. The molecule has 100 valence electrons. The lowest BCUT2D eigenvalue weighted by Gasteiger charge is -2.00. The predicted octanol–water partition coefficient (Wildman–Crippen LogP) is 2.78. The number of nitrogens with zero attached hydrogens (tertiary/aromatic N) is 3. The van der Waals surface area contributed by atoms with Crippen LogP contribution in [0.1, 0.15) is 24.7 Å². The van der Waals surface area contributed by atoms with Crippen LogP contribution in [-0.4, -0.2) is 28.2 Å². The normalized spacial score (nSPS) is 11.1. The number of aromatic nitrogens is 3. The number of nitrogens with one attached hydrogen (secondary N) is 1. The van der Waals surface area contributed by atoms with Gasteiger partial charge < -0.3 is 4.74 Å². The van der Waals surface area contributed by atoms with Crippen molar-refractivity contribution >= 4 is 18.4 Å². The average Bonchev–Trinajstić information content (AvgIpc) is 2.78. The lowest BCUT2D eigenvalue weighted by Crippen LogP contribution is -1.98. The van der Waals surface area contributed by atoms with Gasteiger partial charge in [0.15, 0.2) is 5.82 Å². The van der Waals surface area contributed by atoms with Gasteiger partial charge in [0.2, 0.25) is 4.77 Å². The molecular formula is C13H16N4OS. The molecule has 1 aromatic heterocycles. The molecule has 0 unspecified atom stereocenters. The molecule has 0 fully saturated rings. The van der Waals surface area contributed by atoms with Crippen molar-refractivity contribution in [2.75, 3.05) is 7.11 Å². The molecule has 2 rings (SSSR count). The zero-order valence-corrected chi connectivity index (χ0v) is 11.8. The number of aromatic amines is 1. The Balaban J connectivity index is 2.21. The number of benzene rings is 1. The van der Waals surface area contributed by atoms with Gasteiger partial charge in [0.25, 0.3) is 0 Å². The molecule has 0 amide bonds. The SMILES string of the molecule is CCCc1n[nH]c(=S)n1/N=C/c1ccc(OC)cc1. The van der Waals surface area contributed by atoms with Crippen molar-refractivity contribution in [1.82, 2.24) is 14.9 Å². The fraction of sp³-hybridized carbons (Fsp3) is 0.308. The van der Waals surface area contributed by atoms with Gasteiger partial charge in [-0.25, -0.2) is 0 Å². The third kappa shape index (κ3) is 3.29. The molecule has 0 spiro atoms. The third-order valence-corrected chi connectivity index (χ3v) is 2.89. The van der Waals surface area contributed by atoms with Crippen LogP contribution >= 0.6 is 12.2 Å². The summed E-state index contributed by atoms with van der Waals surface area (Å²) in [4.78, 5) is 0. The van der Waals surface area contributed by atoms with Crippen molar-refractivity contribution in [2.24, 2.45) is 5.10 Å². The number of methoxy groups -OCH3 is 1. The second kappa shape index (κ2) is 6.29. The molecule has 0 aliphatic rings. The van der Waals surface area contributed by atoms with Crippen LogP contribution in [0.4, 0.5) is 0 Å². The van der Waals surface area contributed by atoms with Gasteiger partial charge in [0.05, 0.1) is 13.3 Å². The topological polar surface area (TPSA) is 55.2 Å². The van der Waals surface area contributed by atoms with Gasteiger partial charge >= 0.3 is 0 Å². The standard InChI is InChI=1S/C13H16N4OS/c1-3-4-12-15-16-13(19)17(12)14-9-10-5-7-11(18-2)8-6-10/h5-9H,3-4H2,1-2H3,(H,16,19)/b14-9+. The first-order valence-electron chi connectivity index (χ1n) is 6.09. The number of rotatable bonds is 5. The van der Waals surface area contributed by atoms with E-state index >= 15 is 0 Å². The second-order valence-corrected chi connectivity index (χ2v) is 4.41. The molecule has 19 heavy (non-hydrogen) atoms. The third-order valence-electron chi connectivity index (χ3n) is 2.63. The number of hydrogen-bond acceptors (Lipinski definition) is 4. The molecule has 0 saturated heterocycles. The zero-order valence-electron chi connectivity index (χ0n) is 11.0. The van der Waals surface area contributed by atoms with Crippen LogP contribution in [0.15, 0.2) is 29.4 Å². The molecule has 1 aromatic carbocycles. The van der Waals surface area contributed by atoms with Crippen molar-refractivity contribution in [3.63, 3.8) is 0 Å². The minimum absolute atomic E-state index is 0.508. The second-order valence-electron chi connectivity index (χ2n) is 4.02. The zero-order chi connectivity index (χ0) is 13.7.